The van der Waals surface area contributed by atoms with E-state index < -0.39 is 0 Å². The van der Waals surface area contributed by atoms with Crippen molar-refractivity contribution in [1.29, 1.82) is 0 Å². The van der Waals surface area contributed by atoms with E-state index >= 15 is 0 Å². The number of nitrogens with zero attached hydrogens (tertiary/aromatic N) is 2. The molecule has 3 heteroatoms. The Labute approximate surface area is 326 Å². The Morgan fingerprint density at radius 2 is 1.48 bits per heavy atom. The molecule has 278 valence electrons. The summed E-state index contributed by atoms with van der Waals surface area (Å²) in [4.78, 5) is 5.55. The summed E-state index contributed by atoms with van der Waals surface area (Å²) >= 11 is 0. The summed E-state index contributed by atoms with van der Waals surface area (Å²) < 4.78 is 0. The first-order valence-electron chi connectivity index (χ1n) is 22.2. The van der Waals surface area contributed by atoms with Crippen molar-refractivity contribution < 1.29 is 0 Å². The zero-order chi connectivity index (χ0) is 36.2. The zero-order valence-corrected chi connectivity index (χ0v) is 33.1. The van der Waals surface area contributed by atoms with Crippen LogP contribution in [0.15, 0.2) is 126 Å². The third-order valence-electron chi connectivity index (χ3n) is 15.4. The van der Waals surface area contributed by atoms with Crippen molar-refractivity contribution in [3.8, 4) is 0 Å². The van der Waals surface area contributed by atoms with Crippen LogP contribution >= 0.6 is 0 Å². The Kier molecular flexibility index (Phi) is 9.28. The summed E-state index contributed by atoms with van der Waals surface area (Å²) in [6.07, 6.45) is 46.7. The van der Waals surface area contributed by atoms with Gasteiger partial charge < -0.3 is 9.80 Å². The highest BCUT2D eigenvalue weighted by atomic mass is 15.2. The van der Waals surface area contributed by atoms with Gasteiger partial charge in [0, 0.05) is 39.9 Å². The summed E-state index contributed by atoms with van der Waals surface area (Å²) in [5.74, 6) is 3.57. The third-order valence-corrected chi connectivity index (χ3v) is 15.4. The molecule has 8 aliphatic rings. The summed E-state index contributed by atoms with van der Waals surface area (Å²) in [5.41, 5.74) is 13.3. The van der Waals surface area contributed by atoms with E-state index in [0.29, 0.717) is 30.4 Å². The van der Waals surface area contributed by atoms with Crippen LogP contribution in [0.1, 0.15) is 122 Å². The maximum absolute atomic E-state index is 2.86. The first-order valence-corrected chi connectivity index (χ1v) is 22.2. The van der Waals surface area contributed by atoms with Gasteiger partial charge in [0.05, 0.1) is 0 Å². The molecule has 2 saturated carbocycles. The predicted molar refractivity (Wildman–Crippen MR) is 231 cm³/mol. The number of fused-ring (bicyclic) bond motifs is 4. The molecule has 54 heavy (non-hydrogen) atoms. The second-order valence-corrected chi connectivity index (χ2v) is 18.7. The molecule has 4 atom stereocenters. The van der Waals surface area contributed by atoms with E-state index in [1.807, 2.05) is 0 Å². The van der Waals surface area contributed by atoms with Gasteiger partial charge >= 0.3 is 0 Å². The van der Waals surface area contributed by atoms with E-state index in [1.54, 1.807) is 16.5 Å². The Morgan fingerprint density at radius 1 is 0.741 bits per heavy atom. The van der Waals surface area contributed by atoms with Crippen LogP contribution in [0.25, 0.3) is 0 Å². The number of allylic oxidation sites excluding steroid dienone is 11. The highest BCUT2D eigenvalue weighted by Crippen LogP contribution is 2.54. The van der Waals surface area contributed by atoms with E-state index in [1.165, 1.54) is 124 Å². The Balaban J connectivity index is 1.19. The maximum atomic E-state index is 2.86. The van der Waals surface area contributed by atoms with Crippen molar-refractivity contribution in [3.63, 3.8) is 0 Å². The van der Waals surface area contributed by atoms with Gasteiger partial charge in [0.2, 0.25) is 6.71 Å². The van der Waals surface area contributed by atoms with Crippen molar-refractivity contribution >= 4 is 29.2 Å². The van der Waals surface area contributed by atoms with Crippen LogP contribution in [-0.2, 0) is 5.41 Å². The lowest BCUT2D eigenvalue weighted by molar-refractivity contribution is 0.285. The van der Waals surface area contributed by atoms with Crippen LogP contribution < -0.4 is 15.3 Å². The summed E-state index contributed by atoms with van der Waals surface area (Å²) in [6.45, 7) is 5.39. The lowest BCUT2D eigenvalue weighted by atomic mass is 9.27. The second kappa shape index (κ2) is 14.4. The summed E-state index contributed by atoms with van der Waals surface area (Å²) in [5, 5.41) is 0. The first kappa shape index (κ1) is 34.8. The molecule has 0 spiro atoms. The standard InChI is InChI=1S/C51H61BN2/c1-51(2,40-21-11-5-12-22-40)41-34-48-50-49(35-41)54(43-30-27-38(28-31-43)36-17-7-3-8-18-36)47-32-29-39(37-19-9-4-10-20-37)33-45(47)52(50)44-25-15-16-26-46(44)53(48)42-23-13-6-14-24-42/h5-6,11,13-14,16,21,23-24,26-27,30-39,44,46H,3-4,7-10,12,15,17-20,22,25,28-29H2,1-2H3. The smallest absolute Gasteiger partial charge is 0.222 e. The molecule has 0 aromatic heterocycles. The van der Waals surface area contributed by atoms with E-state index in [2.05, 4.69) is 127 Å². The van der Waals surface area contributed by atoms with Gasteiger partial charge in [-0.25, -0.2) is 0 Å². The molecule has 0 bridgehead atoms. The molecule has 0 N–H and O–H groups in total. The zero-order valence-electron chi connectivity index (χ0n) is 33.1. The number of anilines is 3. The van der Waals surface area contributed by atoms with E-state index in [4.69, 9.17) is 0 Å². The van der Waals surface area contributed by atoms with Gasteiger partial charge in [0.25, 0.3) is 0 Å². The topological polar surface area (TPSA) is 6.48 Å². The lowest BCUT2D eigenvalue weighted by Gasteiger charge is -2.53. The van der Waals surface area contributed by atoms with Gasteiger partial charge in [-0.3, -0.25) is 0 Å². The molecule has 2 heterocycles. The van der Waals surface area contributed by atoms with Gasteiger partial charge in [0.1, 0.15) is 0 Å². The number of benzene rings is 2. The van der Waals surface area contributed by atoms with Crippen molar-refractivity contribution in [2.75, 3.05) is 9.80 Å². The maximum Gasteiger partial charge on any atom is 0.222 e. The average molecular weight is 713 g/mol. The second-order valence-electron chi connectivity index (χ2n) is 18.7. The minimum atomic E-state index is -0.0783. The third kappa shape index (κ3) is 5.99. The van der Waals surface area contributed by atoms with Crippen molar-refractivity contribution in [2.45, 2.75) is 134 Å². The summed E-state index contributed by atoms with van der Waals surface area (Å²) in [7, 11) is 0. The SMILES string of the molecule is CC(C)(C1=CC=CCC1)c1cc2c3c(c1)N(c1ccccc1)C1C=CCCC1B3C1=CC(C3CCCCC3)CC=C1N2C1=CCC(C2CCCCC2)C=C1. The fourth-order valence-corrected chi connectivity index (χ4v) is 12.4. The largest absolute Gasteiger partial charge is 0.335 e. The van der Waals surface area contributed by atoms with E-state index in [9.17, 15) is 0 Å². The average Bonchev–Trinajstić information content (AvgIpc) is 3.24. The quantitative estimate of drug-likeness (QED) is 0.217. The van der Waals surface area contributed by atoms with Crippen molar-refractivity contribution in [3.05, 3.63) is 131 Å². The predicted octanol–water partition coefficient (Wildman–Crippen LogP) is 13.0. The fourth-order valence-electron chi connectivity index (χ4n) is 12.4. The lowest BCUT2D eigenvalue weighted by Crippen LogP contribution is -2.59. The Morgan fingerprint density at radius 3 is 2.20 bits per heavy atom. The molecule has 2 nitrogen and oxygen atoms in total. The highest BCUT2D eigenvalue weighted by molar-refractivity contribution is 6.86. The van der Waals surface area contributed by atoms with Gasteiger partial charge in [-0.05, 0) is 129 Å². The first-order chi connectivity index (χ1) is 26.6. The van der Waals surface area contributed by atoms with Crippen LogP contribution in [0.5, 0.6) is 0 Å². The molecule has 6 aliphatic carbocycles. The van der Waals surface area contributed by atoms with Gasteiger partial charge in [0.15, 0.2) is 0 Å². The van der Waals surface area contributed by atoms with Gasteiger partial charge in [-0.1, -0.05) is 143 Å². The normalized spacial score (nSPS) is 28.4. The Hall–Kier alpha value is -3.72. The van der Waals surface area contributed by atoms with Crippen LogP contribution in [0, 0.1) is 23.7 Å². The molecule has 0 saturated heterocycles. The summed E-state index contributed by atoms with van der Waals surface area (Å²) in [6, 6.07) is 17.1. The number of para-hydroxylation sites is 1. The minimum Gasteiger partial charge on any atom is -0.335 e. The molecule has 2 aromatic carbocycles. The van der Waals surface area contributed by atoms with Gasteiger partial charge in [-0.2, -0.15) is 0 Å². The van der Waals surface area contributed by atoms with Crippen molar-refractivity contribution in [1.82, 2.24) is 0 Å². The molecular weight excluding hydrogens is 651 g/mol. The van der Waals surface area contributed by atoms with Gasteiger partial charge in [-0.15, -0.1) is 0 Å². The monoisotopic (exact) mass is 712 g/mol. The molecular formula is C51H61BN2. The molecule has 10 rings (SSSR count). The molecule has 4 unspecified atom stereocenters. The number of hydrogen-bond donors (Lipinski definition) is 0. The van der Waals surface area contributed by atoms with E-state index in [-0.39, 0.29) is 5.41 Å². The molecule has 0 radical (unpaired) electrons. The fraction of sp³-hybridized carbons (Fsp3) is 0.490. The van der Waals surface area contributed by atoms with Crippen molar-refractivity contribution in [2.24, 2.45) is 23.7 Å². The number of hydrogen-bond acceptors (Lipinski definition) is 2. The molecule has 0 amide bonds. The Bertz CT molecular complexity index is 1960. The molecule has 2 aromatic rings. The number of rotatable bonds is 6. The van der Waals surface area contributed by atoms with Crippen LogP contribution in [0.3, 0.4) is 0 Å². The van der Waals surface area contributed by atoms with Crippen LogP contribution in [0.4, 0.5) is 17.1 Å². The van der Waals surface area contributed by atoms with Crippen LogP contribution in [0.2, 0.25) is 5.82 Å². The van der Waals surface area contributed by atoms with E-state index in [0.717, 1.165) is 24.7 Å². The molecule has 2 aliphatic heterocycles. The highest BCUT2D eigenvalue weighted by Gasteiger charge is 2.52. The minimum absolute atomic E-state index is 0.0783. The van der Waals surface area contributed by atoms with Crippen LogP contribution in [-0.4, -0.2) is 12.8 Å². The molecule has 2 fully saturated rings.